The van der Waals surface area contributed by atoms with Crippen LogP contribution in [0.5, 0.6) is 0 Å². The Balaban J connectivity index is 1.72. The number of carbonyl (C=O) groups excluding carboxylic acids is 1. The average molecular weight is 363 g/mol. The van der Waals surface area contributed by atoms with E-state index in [9.17, 15) is 4.79 Å². The van der Waals surface area contributed by atoms with Gasteiger partial charge in [0, 0.05) is 12.3 Å². The van der Waals surface area contributed by atoms with Gasteiger partial charge in [-0.2, -0.15) is 0 Å². The summed E-state index contributed by atoms with van der Waals surface area (Å²) in [7, 11) is 0. The number of hydrogen-bond acceptors (Lipinski definition) is 5. The zero-order valence-electron chi connectivity index (χ0n) is 12.5. The molecule has 0 bridgehead atoms. The fraction of sp³-hybridized carbons (Fsp3) is 0.0625. The third-order valence-corrected chi connectivity index (χ3v) is 3.74. The molecule has 24 heavy (non-hydrogen) atoms. The van der Waals surface area contributed by atoms with Crippen LogP contribution in [0, 0.1) is 6.92 Å². The molecule has 2 aromatic heterocycles. The molecule has 0 spiro atoms. The van der Waals surface area contributed by atoms with Crippen LogP contribution in [0.3, 0.4) is 0 Å². The average Bonchev–Trinajstić information content (AvgIpc) is 2.96. The third-order valence-electron chi connectivity index (χ3n) is 3.11. The molecule has 0 atom stereocenters. The van der Waals surface area contributed by atoms with Gasteiger partial charge in [0.05, 0.1) is 21.3 Å². The van der Waals surface area contributed by atoms with Crippen LogP contribution in [-0.2, 0) is 0 Å². The number of aryl methyl sites for hydroxylation is 1. The van der Waals surface area contributed by atoms with Gasteiger partial charge in [-0.25, -0.2) is 4.98 Å². The van der Waals surface area contributed by atoms with E-state index in [4.69, 9.17) is 27.7 Å². The highest BCUT2D eigenvalue weighted by atomic mass is 35.5. The highest BCUT2D eigenvalue weighted by Gasteiger charge is 2.12. The van der Waals surface area contributed by atoms with Gasteiger partial charge in [-0.15, -0.1) is 0 Å². The molecule has 0 unspecified atom stereocenters. The molecule has 8 heteroatoms. The summed E-state index contributed by atoms with van der Waals surface area (Å²) in [6, 6.07) is 10.0. The molecular formula is C16H12Cl2N4O2. The maximum Gasteiger partial charge on any atom is 0.257 e. The second-order valence-electron chi connectivity index (χ2n) is 4.93. The molecule has 0 radical (unpaired) electrons. The van der Waals surface area contributed by atoms with E-state index in [1.165, 1.54) is 6.20 Å². The Kier molecular flexibility index (Phi) is 4.69. The zero-order chi connectivity index (χ0) is 17.1. The minimum Gasteiger partial charge on any atom is -0.360 e. The van der Waals surface area contributed by atoms with Gasteiger partial charge in [-0.1, -0.05) is 34.4 Å². The van der Waals surface area contributed by atoms with Gasteiger partial charge in [0.2, 0.25) is 0 Å². The van der Waals surface area contributed by atoms with E-state index in [2.05, 4.69) is 20.8 Å². The lowest BCUT2D eigenvalue weighted by molar-refractivity contribution is 0.102. The van der Waals surface area contributed by atoms with Crippen LogP contribution in [-0.4, -0.2) is 16.0 Å². The Morgan fingerprint density at radius 3 is 2.46 bits per heavy atom. The molecule has 0 aliphatic rings. The van der Waals surface area contributed by atoms with Gasteiger partial charge >= 0.3 is 0 Å². The summed E-state index contributed by atoms with van der Waals surface area (Å²) >= 11 is 12.1. The van der Waals surface area contributed by atoms with Gasteiger partial charge in [0.15, 0.2) is 5.82 Å². The van der Waals surface area contributed by atoms with Crippen molar-refractivity contribution in [2.24, 2.45) is 0 Å². The highest BCUT2D eigenvalue weighted by Crippen LogP contribution is 2.30. The fourth-order valence-electron chi connectivity index (χ4n) is 1.96. The minimum atomic E-state index is -0.360. The Hall–Kier alpha value is -2.57. The van der Waals surface area contributed by atoms with Crippen LogP contribution in [0.1, 0.15) is 16.1 Å². The van der Waals surface area contributed by atoms with Crippen molar-refractivity contribution in [1.29, 1.82) is 0 Å². The van der Waals surface area contributed by atoms with Crippen molar-refractivity contribution in [2.45, 2.75) is 6.92 Å². The van der Waals surface area contributed by atoms with E-state index in [0.29, 0.717) is 38.7 Å². The molecule has 3 aromatic rings. The van der Waals surface area contributed by atoms with E-state index in [1.54, 1.807) is 43.3 Å². The summed E-state index contributed by atoms with van der Waals surface area (Å²) in [5.41, 5.74) is 0.735. The van der Waals surface area contributed by atoms with E-state index in [-0.39, 0.29) is 5.91 Å². The largest absolute Gasteiger partial charge is 0.360 e. The molecule has 0 aliphatic heterocycles. The van der Waals surface area contributed by atoms with E-state index in [0.717, 1.165) is 0 Å². The number of anilines is 3. The molecule has 3 rings (SSSR count). The Morgan fingerprint density at radius 1 is 1.12 bits per heavy atom. The van der Waals surface area contributed by atoms with E-state index in [1.807, 2.05) is 0 Å². The van der Waals surface area contributed by atoms with Gasteiger partial charge in [-0.05, 0) is 31.2 Å². The van der Waals surface area contributed by atoms with Crippen molar-refractivity contribution < 1.29 is 9.32 Å². The van der Waals surface area contributed by atoms with Crippen molar-refractivity contribution in [2.75, 3.05) is 10.6 Å². The molecule has 122 valence electrons. The third kappa shape index (κ3) is 3.67. The number of halogens is 2. The smallest absolute Gasteiger partial charge is 0.257 e. The number of nitrogens with one attached hydrogen (secondary N) is 2. The van der Waals surface area contributed by atoms with Crippen LogP contribution in [0.2, 0.25) is 10.0 Å². The molecule has 0 saturated carbocycles. The zero-order valence-corrected chi connectivity index (χ0v) is 14.0. The molecule has 1 aromatic carbocycles. The van der Waals surface area contributed by atoms with Crippen molar-refractivity contribution in [3.05, 3.63) is 64.0 Å². The number of aromatic nitrogens is 2. The standard InChI is InChI=1S/C16H12Cl2N4O2/c1-9-7-14(22-24-9)20-13-6-5-10(8-19-13)16(23)21-15-11(17)3-2-4-12(15)18/h2-8H,1H3,(H,21,23)(H,19,20,22). The summed E-state index contributed by atoms with van der Waals surface area (Å²) in [4.78, 5) is 16.4. The monoisotopic (exact) mass is 362 g/mol. The van der Waals surface area contributed by atoms with E-state index < -0.39 is 0 Å². The lowest BCUT2D eigenvalue weighted by atomic mass is 10.2. The second-order valence-corrected chi connectivity index (χ2v) is 5.75. The van der Waals surface area contributed by atoms with Crippen LogP contribution in [0.15, 0.2) is 47.1 Å². The minimum absolute atomic E-state index is 0.360. The Morgan fingerprint density at radius 2 is 1.88 bits per heavy atom. The van der Waals surface area contributed by atoms with E-state index >= 15 is 0 Å². The summed E-state index contributed by atoms with van der Waals surface area (Å²) < 4.78 is 4.96. The predicted octanol–water partition coefficient (Wildman–Crippen LogP) is 4.68. The molecule has 0 fully saturated rings. The first-order valence-corrected chi connectivity index (χ1v) is 7.70. The first kappa shape index (κ1) is 16.3. The van der Waals surface area contributed by atoms with Crippen molar-refractivity contribution >= 4 is 46.4 Å². The Labute approximate surface area is 147 Å². The quantitative estimate of drug-likeness (QED) is 0.704. The number of hydrogen-bond donors (Lipinski definition) is 2. The summed E-state index contributed by atoms with van der Waals surface area (Å²) in [6.07, 6.45) is 1.44. The normalized spacial score (nSPS) is 10.5. The lowest BCUT2D eigenvalue weighted by Crippen LogP contribution is -2.13. The number of para-hydroxylation sites is 1. The fourth-order valence-corrected chi connectivity index (χ4v) is 2.45. The maximum absolute atomic E-state index is 12.3. The number of nitrogens with zero attached hydrogens (tertiary/aromatic N) is 2. The second kappa shape index (κ2) is 6.90. The van der Waals surface area contributed by atoms with Crippen LogP contribution < -0.4 is 10.6 Å². The molecule has 2 N–H and O–H groups in total. The topological polar surface area (TPSA) is 80.0 Å². The Bertz CT molecular complexity index is 858. The number of benzene rings is 1. The van der Waals surface area contributed by atoms with Gasteiger partial charge in [0.25, 0.3) is 5.91 Å². The van der Waals surface area contributed by atoms with Crippen LogP contribution >= 0.6 is 23.2 Å². The van der Waals surface area contributed by atoms with Gasteiger partial charge in [0.1, 0.15) is 11.6 Å². The number of pyridine rings is 1. The first-order chi connectivity index (χ1) is 11.5. The van der Waals surface area contributed by atoms with Gasteiger partial charge < -0.3 is 15.2 Å². The van der Waals surface area contributed by atoms with Gasteiger partial charge in [-0.3, -0.25) is 4.79 Å². The van der Waals surface area contributed by atoms with Crippen molar-refractivity contribution in [1.82, 2.24) is 10.1 Å². The summed E-state index contributed by atoms with van der Waals surface area (Å²) in [6.45, 7) is 1.79. The molecular weight excluding hydrogens is 351 g/mol. The summed E-state index contributed by atoms with van der Waals surface area (Å²) in [5, 5.41) is 10.2. The van der Waals surface area contributed by atoms with Crippen LogP contribution in [0.25, 0.3) is 0 Å². The molecule has 1 amide bonds. The number of amides is 1. The molecule has 0 aliphatic carbocycles. The predicted molar refractivity (Wildman–Crippen MR) is 93.2 cm³/mol. The number of carbonyl (C=O) groups is 1. The first-order valence-electron chi connectivity index (χ1n) is 6.94. The van der Waals surface area contributed by atoms with Crippen molar-refractivity contribution in [3.63, 3.8) is 0 Å². The molecule has 2 heterocycles. The molecule has 0 saturated heterocycles. The number of rotatable bonds is 4. The van der Waals surface area contributed by atoms with Crippen molar-refractivity contribution in [3.8, 4) is 0 Å². The maximum atomic E-state index is 12.3. The highest BCUT2D eigenvalue weighted by molar-refractivity contribution is 6.40. The lowest BCUT2D eigenvalue weighted by Gasteiger charge is -2.09. The molecule has 6 nitrogen and oxygen atoms in total. The SMILES string of the molecule is Cc1cc(Nc2ccc(C(=O)Nc3c(Cl)cccc3Cl)cn2)no1. The van der Waals surface area contributed by atoms with Crippen LogP contribution in [0.4, 0.5) is 17.3 Å². The summed E-state index contributed by atoms with van der Waals surface area (Å²) in [5.74, 6) is 1.40.